The van der Waals surface area contributed by atoms with Crippen molar-refractivity contribution in [3.63, 3.8) is 0 Å². The third-order valence-electron chi connectivity index (χ3n) is 4.73. The van der Waals surface area contributed by atoms with Crippen LogP contribution in [0.25, 0.3) is 16.8 Å². The summed E-state index contributed by atoms with van der Waals surface area (Å²) in [6.07, 6.45) is 2.96. The fourth-order valence-electron chi connectivity index (χ4n) is 3.16. The largest absolute Gasteiger partial charge is 0.345 e. The molecule has 4 rings (SSSR count). The Kier molecular flexibility index (Phi) is 5.20. The van der Waals surface area contributed by atoms with Gasteiger partial charge in [0.15, 0.2) is 15.5 Å². The van der Waals surface area contributed by atoms with Gasteiger partial charge in [0.05, 0.1) is 4.90 Å². The fourth-order valence-corrected chi connectivity index (χ4v) is 3.83. The number of fused-ring (bicyclic) bond motifs is 1. The molecule has 9 heteroatoms. The van der Waals surface area contributed by atoms with E-state index >= 15 is 0 Å². The smallest absolute Gasteiger partial charge is 0.253 e. The molecule has 158 valence electrons. The number of rotatable bonds is 5. The molecule has 8 nitrogen and oxygen atoms in total. The number of carbonyl (C=O) groups is 1. The van der Waals surface area contributed by atoms with Crippen LogP contribution in [0.1, 0.15) is 10.4 Å². The predicted molar refractivity (Wildman–Crippen MR) is 119 cm³/mol. The van der Waals surface area contributed by atoms with E-state index in [9.17, 15) is 13.2 Å². The first-order chi connectivity index (χ1) is 14.7. The predicted octanol–water partition coefficient (Wildman–Crippen LogP) is 3.25. The Balaban J connectivity index is 1.66. The van der Waals surface area contributed by atoms with E-state index < -0.39 is 9.84 Å². The molecule has 0 radical (unpaired) electrons. The summed E-state index contributed by atoms with van der Waals surface area (Å²) in [6, 6.07) is 17.5. The summed E-state index contributed by atoms with van der Waals surface area (Å²) in [5.74, 6) is 0.316. The average Bonchev–Trinajstić information content (AvgIpc) is 3.15. The van der Waals surface area contributed by atoms with E-state index in [0.717, 1.165) is 16.8 Å². The van der Waals surface area contributed by atoms with Gasteiger partial charge in [0.2, 0.25) is 5.95 Å². The highest BCUT2D eigenvalue weighted by atomic mass is 32.2. The molecule has 0 spiro atoms. The lowest BCUT2D eigenvalue weighted by atomic mass is 10.1. The molecule has 2 aromatic heterocycles. The molecular weight excluding hydrogens is 414 g/mol. The number of nitrogens with zero attached hydrogens (tertiary/aromatic N) is 4. The maximum atomic E-state index is 12.0. The first-order valence-corrected chi connectivity index (χ1v) is 11.4. The summed E-state index contributed by atoms with van der Waals surface area (Å²) in [7, 11) is 0.0938. The van der Waals surface area contributed by atoms with Crippen LogP contribution in [-0.4, -0.2) is 54.2 Å². The molecule has 0 aliphatic heterocycles. The first kappa shape index (κ1) is 20.5. The monoisotopic (exact) mass is 435 g/mol. The van der Waals surface area contributed by atoms with Gasteiger partial charge in [0.1, 0.15) is 0 Å². The fraction of sp³-hybridized carbons (Fsp3) is 0.136. The van der Waals surface area contributed by atoms with Crippen LogP contribution in [0.15, 0.2) is 71.8 Å². The molecule has 0 saturated carbocycles. The summed E-state index contributed by atoms with van der Waals surface area (Å²) in [6.45, 7) is 0. The SMILES string of the molecule is CN(C)C(=O)c1ccc(Nc2nc3c(-c4cccc(S(C)(=O)=O)c4)cccn3n2)cc1. The molecule has 0 saturated heterocycles. The summed E-state index contributed by atoms with van der Waals surface area (Å²) in [5, 5.41) is 7.59. The second kappa shape index (κ2) is 7.84. The van der Waals surface area contributed by atoms with Crippen LogP contribution in [0.5, 0.6) is 0 Å². The van der Waals surface area contributed by atoms with Gasteiger partial charge in [-0.25, -0.2) is 12.9 Å². The third kappa shape index (κ3) is 4.26. The second-order valence-electron chi connectivity index (χ2n) is 7.33. The Morgan fingerprint density at radius 1 is 1.03 bits per heavy atom. The van der Waals surface area contributed by atoms with E-state index in [1.165, 1.54) is 11.2 Å². The van der Waals surface area contributed by atoms with Crippen molar-refractivity contribution >= 4 is 33.0 Å². The molecule has 0 aliphatic rings. The van der Waals surface area contributed by atoms with Gasteiger partial charge in [0.25, 0.3) is 5.91 Å². The Bertz CT molecular complexity index is 1380. The molecule has 1 amide bonds. The number of carbonyl (C=O) groups excluding carboxylic acids is 1. The van der Waals surface area contributed by atoms with Crippen molar-refractivity contribution in [2.45, 2.75) is 4.90 Å². The van der Waals surface area contributed by atoms with Crippen molar-refractivity contribution in [3.8, 4) is 11.1 Å². The summed E-state index contributed by atoms with van der Waals surface area (Å²) >= 11 is 0. The maximum Gasteiger partial charge on any atom is 0.253 e. The van der Waals surface area contributed by atoms with Crippen molar-refractivity contribution < 1.29 is 13.2 Å². The molecule has 1 N–H and O–H groups in total. The number of hydrogen-bond donors (Lipinski definition) is 1. The highest BCUT2D eigenvalue weighted by Gasteiger charge is 2.13. The topological polar surface area (TPSA) is 96.7 Å². The van der Waals surface area contributed by atoms with Gasteiger partial charge < -0.3 is 10.2 Å². The quantitative estimate of drug-likeness (QED) is 0.517. The van der Waals surface area contributed by atoms with Gasteiger partial charge in [-0.15, -0.1) is 5.10 Å². The number of aromatic nitrogens is 3. The van der Waals surface area contributed by atoms with E-state index in [2.05, 4.69) is 15.4 Å². The molecule has 0 atom stereocenters. The number of hydrogen-bond acceptors (Lipinski definition) is 6. The molecule has 0 bridgehead atoms. The van der Waals surface area contributed by atoms with Crippen LogP contribution in [0.4, 0.5) is 11.6 Å². The average molecular weight is 436 g/mol. The molecule has 2 aromatic carbocycles. The molecule has 2 heterocycles. The normalized spacial score (nSPS) is 11.5. The van der Waals surface area contributed by atoms with Crippen molar-refractivity contribution in [3.05, 3.63) is 72.4 Å². The number of nitrogens with one attached hydrogen (secondary N) is 1. The van der Waals surface area contributed by atoms with E-state index in [4.69, 9.17) is 0 Å². The lowest BCUT2D eigenvalue weighted by molar-refractivity contribution is 0.0827. The van der Waals surface area contributed by atoms with Crippen molar-refractivity contribution in [1.29, 1.82) is 0 Å². The number of benzene rings is 2. The summed E-state index contributed by atoms with van der Waals surface area (Å²) in [4.78, 5) is 18.4. The molecule has 0 unspecified atom stereocenters. The van der Waals surface area contributed by atoms with Crippen LogP contribution in [0, 0.1) is 0 Å². The van der Waals surface area contributed by atoms with Crippen LogP contribution in [0.3, 0.4) is 0 Å². The van der Waals surface area contributed by atoms with Crippen LogP contribution < -0.4 is 5.32 Å². The lowest BCUT2D eigenvalue weighted by Gasteiger charge is -2.10. The van der Waals surface area contributed by atoms with Gasteiger partial charge in [-0.3, -0.25) is 4.79 Å². The number of anilines is 2. The number of pyridine rings is 1. The zero-order valence-electron chi connectivity index (χ0n) is 17.3. The zero-order chi connectivity index (χ0) is 22.2. The highest BCUT2D eigenvalue weighted by molar-refractivity contribution is 7.90. The van der Waals surface area contributed by atoms with Crippen molar-refractivity contribution in [2.75, 3.05) is 25.7 Å². The molecule has 0 aliphatic carbocycles. The van der Waals surface area contributed by atoms with Crippen LogP contribution in [0.2, 0.25) is 0 Å². The zero-order valence-corrected chi connectivity index (χ0v) is 18.1. The van der Waals surface area contributed by atoms with Gasteiger partial charge in [-0.1, -0.05) is 12.1 Å². The third-order valence-corrected chi connectivity index (χ3v) is 5.84. The lowest BCUT2D eigenvalue weighted by Crippen LogP contribution is -2.21. The van der Waals surface area contributed by atoms with Gasteiger partial charge in [0, 0.05) is 43.4 Å². The van der Waals surface area contributed by atoms with Crippen LogP contribution >= 0.6 is 0 Å². The standard InChI is InChI=1S/C22H21N5O3S/c1-26(2)21(28)15-9-11-17(12-10-15)23-22-24-20-19(8-5-13-27(20)25-22)16-6-4-7-18(14-16)31(3,29)30/h4-14H,1-3H3,(H,23,25). The molecular formula is C22H21N5O3S. The van der Waals surface area contributed by atoms with Crippen LogP contribution in [-0.2, 0) is 9.84 Å². The first-order valence-electron chi connectivity index (χ1n) is 9.47. The van der Waals surface area contributed by atoms with E-state index in [1.807, 2.05) is 18.2 Å². The summed E-state index contributed by atoms with van der Waals surface area (Å²) in [5.41, 5.74) is 3.42. The molecule has 4 aromatic rings. The Hall–Kier alpha value is -3.72. The van der Waals surface area contributed by atoms with Gasteiger partial charge in [-0.2, -0.15) is 4.98 Å². The minimum Gasteiger partial charge on any atom is -0.345 e. The second-order valence-corrected chi connectivity index (χ2v) is 9.34. The maximum absolute atomic E-state index is 12.0. The highest BCUT2D eigenvalue weighted by Crippen LogP contribution is 2.27. The summed E-state index contributed by atoms with van der Waals surface area (Å²) < 4.78 is 25.5. The van der Waals surface area contributed by atoms with Crippen molar-refractivity contribution in [2.24, 2.45) is 0 Å². The number of amides is 1. The van der Waals surface area contributed by atoms with E-state index in [0.29, 0.717) is 17.2 Å². The van der Waals surface area contributed by atoms with E-state index in [-0.39, 0.29) is 10.8 Å². The van der Waals surface area contributed by atoms with Gasteiger partial charge >= 0.3 is 0 Å². The van der Waals surface area contributed by atoms with E-state index in [1.54, 1.807) is 67.3 Å². The molecule has 0 fully saturated rings. The Morgan fingerprint density at radius 2 is 1.77 bits per heavy atom. The minimum atomic E-state index is -3.32. The number of sulfone groups is 1. The Labute approximate surface area is 180 Å². The minimum absolute atomic E-state index is 0.0710. The molecule has 31 heavy (non-hydrogen) atoms. The van der Waals surface area contributed by atoms with Crippen molar-refractivity contribution in [1.82, 2.24) is 19.5 Å². The Morgan fingerprint density at radius 3 is 2.45 bits per heavy atom. The van der Waals surface area contributed by atoms with Gasteiger partial charge in [-0.05, 0) is 54.1 Å².